The van der Waals surface area contributed by atoms with Crippen molar-refractivity contribution in [2.24, 2.45) is 4.99 Å². The van der Waals surface area contributed by atoms with Crippen molar-refractivity contribution in [1.29, 1.82) is 0 Å². The van der Waals surface area contributed by atoms with Gasteiger partial charge in [-0.3, -0.25) is 0 Å². The van der Waals surface area contributed by atoms with Crippen LogP contribution in [0.3, 0.4) is 0 Å². The zero-order valence-corrected chi connectivity index (χ0v) is 14.7. The van der Waals surface area contributed by atoms with Gasteiger partial charge in [0.1, 0.15) is 0 Å². The van der Waals surface area contributed by atoms with Gasteiger partial charge in [-0.25, -0.2) is 0 Å². The van der Waals surface area contributed by atoms with Crippen LogP contribution in [0, 0.1) is 0 Å². The standard InChI is InChI=1S/C18H15NS3/c1-2-3-15-8-9-17(21-15)18-11-10-16(22-18)13-4-6-14(7-5-13)19-12-20/h4-11H,2-3H2,1H3. The van der Waals surface area contributed by atoms with Crippen LogP contribution >= 0.6 is 34.9 Å². The van der Waals surface area contributed by atoms with Crippen molar-refractivity contribution < 1.29 is 0 Å². The maximum absolute atomic E-state index is 4.63. The summed E-state index contributed by atoms with van der Waals surface area (Å²) in [5, 5.41) is 2.39. The third kappa shape index (κ3) is 3.42. The molecule has 22 heavy (non-hydrogen) atoms. The quantitative estimate of drug-likeness (QED) is 0.366. The minimum absolute atomic E-state index is 0.845. The van der Waals surface area contributed by atoms with E-state index in [1.165, 1.54) is 37.9 Å². The summed E-state index contributed by atoms with van der Waals surface area (Å²) in [5.74, 6) is 0. The van der Waals surface area contributed by atoms with E-state index in [0.717, 1.165) is 5.69 Å². The number of benzene rings is 1. The van der Waals surface area contributed by atoms with E-state index in [2.05, 4.69) is 65.7 Å². The molecule has 0 aliphatic rings. The van der Waals surface area contributed by atoms with Crippen LogP contribution in [0.4, 0.5) is 5.69 Å². The van der Waals surface area contributed by atoms with E-state index in [4.69, 9.17) is 0 Å². The first-order valence-electron chi connectivity index (χ1n) is 7.17. The second-order valence-electron chi connectivity index (χ2n) is 4.93. The molecule has 3 rings (SSSR count). The molecule has 2 heterocycles. The number of hydrogen-bond donors (Lipinski definition) is 0. The topological polar surface area (TPSA) is 12.4 Å². The number of thiophene rings is 2. The minimum atomic E-state index is 0.845. The average molecular weight is 342 g/mol. The van der Waals surface area contributed by atoms with E-state index in [1.807, 2.05) is 34.8 Å². The molecule has 2 aromatic heterocycles. The molecular formula is C18H15NS3. The minimum Gasteiger partial charge on any atom is -0.195 e. The van der Waals surface area contributed by atoms with Crippen molar-refractivity contribution in [1.82, 2.24) is 0 Å². The molecule has 0 aliphatic heterocycles. The third-order valence-corrected chi connectivity index (χ3v) is 5.90. The number of aryl methyl sites for hydroxylation is 1. The lowest BCUT2D eigenvalue weighted by Gasteiger charge is -1.97. The van der Waals surface area contributed by atoms with Crippen LogP contribution in [0.25, 0.3) is 20.2 Å². The van der Waals surface area contributed by atoms with E-state index in [-0.39, 0.29) is 0 Å². The summed E-state index contributed by atoms with van der Waals surface area (Å²) in [6, 6.07) is 17.0. The molecule has 0 amide bonds. The Balaban J connectivity index is 1.84. The molecular weight excluding hydrogens is 326 g/mol. The van der Waals surface area contributed by atoms with Gasteiger partial charge in [-0.05, 0) is 60.6 Å². The highest BCUT2D eigenvalue weighted by Crippen LogP contribution is 2.38. The van der Waals surface area contributed by atoms with E-state index >= 15 is 0 Å². The number of thiocarbonyl (C=S) groups is 1. The Labute approximate surface area is 144 Å². The number of rotatable bonds is 5. The molecule has 0 radical (unpaired) electrons. The Morgan fingerprint density at radius 3 is 2.32 bits per heavy atom. The van der Waals surface area contributed by atoms with Crippen LogP contribution in [-0.4, -0.2) is 5.16 Å². The van der Waals surface area contributed by atoms with Crippen molar-refractivity contribution >= 4 is 45.7 Å². The predicted octanol–water partition coefficient (Wildman–Crippen LogP) is 6.83. The van der Waals surface area contributed by atoms with Gasteiger partial charge in [-0.15, -0.1) is 22.7 Å². The number of hydrogen-bond acceptors (Lipinski definition) is 4. The summed E-state index contributed by atoms with van der Waals surface area (Å²) in [6.07, 6.45) is 2.37. The second-order valence-corrected chi connectivity index (χ2v) is 7.36. The molecule has 1 nitrogen and oxygen atoms in total. The van der Waals surface area contributed by atoms with Crippen molar-refractivity contribution in [2.75, 3.05) is 0 Å². The lowest BCUT2D eigenvalue weighted by atomic mass is 10.2. The Morgan fingerprint density at radius 1 is 0.909 bits per heavy atom. The van der Waals surface area contributed by atoms with Crippen molar-refractivity contribution in [3.8, 4) is 20.2 Å². The molecule has 3 aromatic rings. The number of aliphatic imine (C=N–C) groups is 1. The van der Waals surface area contributed by atoms with Crippen LogP contribution in [-0.2, 0) is 6.42 Å². The summed E-state index contributed by atoms with van der Waals surface area (Å²) in [5.41, 5.74) is 2.06. The van der Waals surface area contributed by atoms with Gasteiger partial charge in [0.05, 0.1) is 10.8 Å². The summed E-state index contributed by atoms with van der Waals surface area (Å²) in [7, 11) is 0. The predicted molar refractivity (Wildman–Crippen MR) is 102 cm³/mol. The highest BCUT2D eigenvalue weighted by Gasteiger charge is 2.07. The van der Waals surface area contributed by atoms with Crippen molar-refractivity contribution in [3.63, 3.8) is 0 Å². The monoisotopic (exact) mass is 341 g/mol. The number of nitrogens with zero attached hydrogens (tertiary/aromatic N) is 1. The Morgan fingerprint density at radius 2 is 1.59 bits per heavy atom. The fourth-order valence-electron chi connectivity index (χ4n) is 2.27. The average Bonchev–Trinajstić information content (AvgIpc) is 3.18. The Bertz CT molecular complexity index is 805. The highest BCUT2D eigenvalue weighted by molar-refractivity contribution is 7.78. The molecule has 0 bridgehead atoms. The summed E-state index contributed by atoms with van der Waals surface area (Å²) >= 11 is 8.36. The molecule has 0 atom stereocenters. The Hall–Kier alpha value is -1.58. The first-order chi connectivity index (χ1) is 10.8. The molecule has 0 saturated heterocycles. The van der Waals surface area contributed by atoms with E-state index < -0.39 is 0 Å². The van der Waals surface area contributed by atoms with Gasteiger partial charge >= 0.3 is 0 Å². The zero-order valence-electron chi connectivity index (χ0n) is 12.2. The normalized spacial score (nSPS) is 10.4. The first-order valence-corrected chi connectivity index (χ1v) is 9.21. The van der Waals surface area contributed by atoms with Crippen molar-refractivity contribution in [2.45, 2.75) is 19.8 Å². The lowest BCUT2D eigenvalue weighted by Crippen LogP contribution is -1.71. The number of isothiocyanates is 1. The maximum atomic E-state index is 4.63. The second kappa shape index (κ2) is 7.12. The molecule has 0 fully saturated rings. The van der Waals surface area contributed by atoms with Gasteiger partial charge < -0.3 is 0 Å². The van der Waals surface area contributed by atoms with E-state index in [9.17, 15) is 0 Å². The first kappa shape index (κ1) is 15.3. The molecule has 110 valence electrons. The van der Waals surface area contributed by atoms with Gasteiger partial charge in [0.2, 0.25) is 0 Å². The fourth-order valence-corrected chi connectivity index (χ4v) is 4.59. The smallest absolute Gasteiger partial charge is 0.0739 e. The SMILES string of the molecule is CCCc1ccc(-c2ccc(-c3ccc(N=C=S)cc3)s2)s1. The van der Waals surface area contributed by atoms with Crippen LogP contribution in [0.5, 0.6) is 0 Å². The van der Waals surface area contributed by atoms with Crippen LogP contribution in [0.1, 0.15) is 18.2 Å². The summed E-state index contributed by atoms with van der Waals surface area (Å²) in [4.78, 5) is 9.43. The van der Waals surface area contributed by atoms with E-state index in [0.29, 0.717) is 0 Å². The highest BCUT2D eigenvalue weighted by atomic mass is 32.1. The molecule has 0 saturated carbocycles. The molecule has 0 unspecified atom stereocenters. The molecule has 4 heteroatoms. The largest absolute Gasteiger partial charge is 0.195 e. The maximum Gasteiger partial charge on any atom is 0.0739 e. The molecule has 0 N–H and O–H groups in total. The van der Waals surface area contributed by atoms with Gasteiger partial charge in [-0.1, -0.05) is 25.5 Å². The third-order valence-electron chi connectivity index (χ3n) is 3.33. The molecule has 0 aliphatic carbocycles. The van der Waals surface area contributed by atoms with Crippen LogP contribution < -0.4 is 0 Å². The van der Waals surface area contributed by atoms with Gasteiger partial charge in [0, 0.05) is 19.5 Å². The van der Waals surface area contributed by atoms with Gasteiger partial charge in [-0.2, -0.15) is 4.99 Å². The molecule has 1 aromatic carbocycles. The zero-order chi connectivity index (χ0) is 15.4. The van der Waals surface area contributed by atoms with Crippen LogP contribution in [0.15, 0.2) is 53.5 Å². The molecule has 0 spiro atoms. The Kier molecular flexibility index (Phi) is 4.96. The summed E-state index contributed by atoms with van der Waals surface area (Å²) in [6.45, 7) is 2.22. The van der Waals surface area contributed by atoms with Crippen molar-refractivity contribution in [3.05, 3.63) is 53.4 Å². The summed E-state index contributed by atoms with van der Waals surface area (Å²) < 4.78 is 0. The van der Waals surface area contributed by atoms with Crippen LogP contribution in [0.2, 0.25) is 0 Å². The lowest BCUT2D eigenvalue weighted by molar-refractivity contribution is 0.940. The van der Waals surface area contributed by atoms with E-state index in [1.54, 1.807) is 0 Å². The van der Waals surface area contributed by atoms with Gasteiger partial charge in [0.25, 0.3) is 0 Å². The fraction of sp³-hybridized carbons (Fsp3) is 0.167. The van der Waals surface area contributed by atoms with Gasteiger partial charge in [0.15, 0.2) is 0 Å².